The average Bonchev–Trinajstić information content (AvgIpc) is 2.90. The Hall–Kier alpha value is -2.35. The lowest BCUT2D eigenvalue weighted by Crippen LogP contribution is -2.18. The van der Waals surface area contributed by atoms with Crippen LogP contribution in [0.1, 0.15) is 29.9 Å². The van der Waals surface area contributed by atoms with E-state index >= 15 is 0 Å². The zero-order chi connectivity index (χ0) is 15.3. The van der Waals surface area contributed by atoms with E-state index in [1.807, 2.05) is 6.92 Å². The molecule has 0 unspecified atom stereocenters. The summed E-state index contributed by atoms with van der Waals surface area (Å²) in [5.74, 6) is 0. The summed E-state index contributed by atoms with van der Waals surface area (Å²) in [4.78, 5) is 28.0. The number of aryl methyl sites for hydroxylation is 3. The van der Waals surface area contributed by atoms with Gasteiger partial charge in [-0.15, -0.1) is 0 Å². The van der Waals surface area contributed by atoms with Gasteiger partial charge < -0.3 is 0 Å². The van der Waals surface area contributed by atoms with Crippen molar-refractivity contribution in [3.63, 3.8) is 0 Å². The van der Waals surface area contributed by atoms with E-state index in [0.717, 1.165) is 47.7 Å². The highest BCUT2D eigenvalue weighted by atomic mass is 32.1. The van der Waals surface area contributed by atoms with Gasteiger partial charge in [0.15, 0.2) is 5.65 Å². The molecule has 0 saturated heterocycles. The van der Waals surface area contributed by atoms with Gasteiger partial charge in [0.2, 0.25) is 4.77 Å². The molecule has 3 aromatic heterocycles. The van der Waals surface area contributed by atoms with E-state index in [-0.39, 0.29) is 10.5 Å². The molecule has 0 aromatic carbocycles. The second kappa shape index (κ2) is 4.84. The second-order valence-electron chi connectivity index (χ2n) is 5.47. The van der Waals surface area contributed by atoms with Gasteiger partial charge in [0.05, 0.1) is 22.8 Å². The fraction of sp³-hybridized carbons (Fsp3) is 0.357. The summed E-state index contributed by atoms with van der Waals surface area (Å²) in [5, 5.41) is 3.02. The molecule has 8 heteroatoms. The fourth-order valence-electron chi connectivity index (χ4n) is 2.88. The number of nitrogens with zero attached hydrogens (tertiary/aromatic N) is 4. The lowest BCUT2D eigenvalue weighted by atomic mass is 10.00. The summed E-state index contributed by atoms with van der Waals surface area (Å²) in [6.07, 6.45) is 4.26. The Morgan fingerprint density at radius 3 is 2.68 bits per heavy atom. The molecule has 22 heavy (non-hydrogen) atoms. The maximum Gasteiger partial charge on any atom is 0.348 e. The molecular weight excluding hydrogens is 300 g/mol. The third kappa shape index (κ3) is 2.07. The van der Waals surface area contributed by atoms with Gasteiger partial charge in [-0.2, -0.15) is 4.52 Å². The van der Waals surface area contributed by atoms with Crippen molar-refractivity contribution in [2.75, 3.05) is 0 Å². The van der Waals surface area contributed by atoms with Crippen LogP contribution in [0, 0.1) is 11.7 Å². The first-order valence-corrected chi connectivity index (χ1v) is 7.61. The molecule has 3 heterocycles. The van der Waals surface area contributed by atoms with Crippen LogP contribution in [0.4, 0.5) is 0 Å². The summed E-state index contributed by atoms with van der Waals surface area (Å²) in [6, 6.07) is 1.78. The van der Waals surface area contributed by atoms with Crippen LogP contribution < -0.4 is 5.69 Å². The normalized spacial score (nSPS) is 14.2. The first-order chi connectivity index (χ1) is 10.6. The smallest absolute Gasteiger partial charge is 0.286 e. The predicted octanol–water partition coefficient (Wildman–Crippen LogP) is 1.72. The van der Waals surface area contributed by atoms with Crippen LogP contribution in [-0.2, 0) is 12.8 Å². The van der Waals surface area contributed by atoms with E-state index in [9.17, 15) is 4.79 Å². The van der Waals surface area contributed by atoms with Gasteiger partial charge in [-0.25, -0.2) is 14.8 Å². The Kier molecular flexibility index (Phi) is 2.93. The molecule has 0 atom stereocenters. The molecule has 0 fully saturated rings. The number of hydrogen-bond acceptors (Lipinski definition) is 5. The molecule has 4 rings (SSSR count). The van der Waals surface area contributed by atoms with Crippen molar-refractivity contribution in [3.8, 4) is 11.4 Å². The Morgan fingerprint density at radius 2 is 1.91 bits per heavy atom. The monoisotopic (exact) mass is 314 g/mol. The van der Waals surface area contributed by atoms with E-state index in [1.54, 1.807) is 6.07 Å². The minimum absolute atomic E-state index is 0.170. The van der Waals surface area contributed by atoms with E-state index in [1.165, 1.54) is 10.9 Å². The number of H-pyrrole nitrogens is 2. The third-order valence-corrected chi connectivity index (χ3v) is 4.12. The van der Waals surface area contributed by atoms with Crippen molar-refractivity contribution in [3.05, 3.63) is 38.4 Å². The topological polar surface area (TPSA) is 91.7 Å². The predicted molar refractivity (Wildman–Crippen MR) is 83.4 cm³/mol. The number of rotatable bonds is 1. The Morgan fingerprint density at radius 1 is 1.18 bits per heavy atom. The highest BCUT2D eigenvalue weighted by Gasteiger charge is 2.17. The van der Waals surface area contributed by atoms with Crippen LogP contribution in [0.2, 0.25) is 0 Å². The molecule has 0 aliphatic heterocycles. The van der Waals surface area contributed by atoms with Crippen LogP contribution in [0.5, 0.6) is 0 Å². The van der Waals surface area contributed by atoms with Gasteiger partial charge in [0, 0.05) is 6.07 Å². The molecular formula is C14H14N6OS. The highest BCUT2D eigenvalue weighted by Crippen LogP contribution is 2.24. The van der Waals surface area contributed by atoms with Crippen LogP contribution in [0.15, 0.2) is 10.9 Å². The highest BCUT2D eigenvalue weighted by molar-refractivity contribution is 7.71. The summed E-state index contributed by atoms with van der Waals surface area (Å²) >= 11 is 4.94. The Labute approximate surface area is 130 Å². The molecule has 0 bridgehead atoms. The number of hydrogen-bond donors (Lipinski definition) is 2. The number of fused-ring (bicyclic) bond motifs is 2. The lowest BCUT2D eigenvalue weighted by molar-refractivity contribution is 0.646. The standard InChI is InChI=1S/C14H14N6OS/c1-7-12(16-9-5-3-2-4-8(9)15-7)10-6-11-17-13(22)18-14(21)20(11)19-10/h6,19H,2-5H2,1H3,(H,18,21,22). The quantitative estimate of drug-likeness (QED) is 0.667. The molecule has 0 radical (unpaired) electrons. The summed E-state index contributed by atoms with van der Waals surface area (Å²) < 4.78 is 1.50. The molecule has 1 aliphatic carbocycles. The van der Waals surface area contributed by atoms with Crippen molar-refractivity contribution in [2.24, 2.45) is 0 Å². The van der Waals surface area contributed by atoms with Gasteiger partial charge >= 0.3 is 5.69 Å². The van der Waals surface area contributed by atoms with Gasteiger partial charge in [-0.3, -0.25) is 15.1 Å². The van der Waals surface area contributed by atoms with E-state index in [4.69, 9.17) is 17.2 Å². The lowest BCUT2D eigenvalue weighted by Gasteiger charge is -2.15. The van der Waals surface area contributed by atoms with Gasteiger partial charge in [-0.1, -0.05) is 0 Å². The zero-order valence-electron chi connectivity index (χ0n) is 12.0. The minimum atomic E-state index is -0.343. The molecule has 0 spiro atoms. The van der Waals surface area contributed by atoms with Gasteiger partial charge in [-0.05, 0) is 44.8 Å². The second-order valence-corrected chi connectivity index (χ2v) is 5.86. The number of aromatic amines is 2. The number of nitrogens with one attached hydrogen (secondary N) is 2. The summed E-state index contributed by atoms with van der Waals surface area (Å²) in [7, 11) is 0. The maximum atomic E-state index is 11.9. The average molecular weight is 314 g/mol. The van der Waals surface area contributed by atoms with Crippen LogP contribution in [0.3, 0.4) is 0 Å². The van der Waals surface area contributed by atoms with Crippen LogP contribution in [0.25, 0.3) is 17.0 Å². The first-order valence-electron chi connectivity index (χ1n) is 7.21. The summed E-state index contributed by atoms with van der Waals surface area (Å²) in [5.41, 5.74) is 4.62. The molecule has 2 N–H and O–H groups in total. The van der Waals surface area contributed by atoms with Crippen molar-refractivity contribution in [1.29, 1.82) is 0 Å². The summed E-state index contributed by atoms with van der Waals surface area (Å²) in [6.45, 7) is 1.93. The maximum absolute atomic E-state index is 11.9. The largest absolute Gasteiger partial charge is 0.348 e. The molecule has 0 amide bonds. The molecule has 0 saturated carbocycles. The fourth-order valence-corrected chi connectivity index (χ4v) is 3.06. The SMILES string of the molecule is Cc1nc2c(nc1-c1cc3nc(=S)[nH]c(=O)n3[nH]1)CCCC2. The van der Waals surface area contributed by atoms with Crippen LogP contribution >= 0.6 is 12.2 Å². The molecule has 112 valence electrons. The minimum Gasteiger partial charge on any atom is -0.286 e. The zero-order valence-corrected chi connectivity index (χ0v) is 12.8. The first kappa shape index (κ1) is 13.3. The Bertz CT molecular complexity index is 999. The van der Waals surface area contributed by atoms with Crippen molar-refractivity contribution in [1.82, 2.24) is 29.5 Å². The third-order valence-electron chi connectivity index (χ3n) is 3.93. The van der Waals surface area contributed by atoms with Crippen molar-refractivity contribution >= 4 is 17.9 Å². The van der Waals surface area contributed by atoms with Crippen molar-refractivity contribution in [2.45, 2.75) is 32.6 Å². The molecule has 1 aliphatic rings. The Balaban J connectivity index is 1.93. The van der Waals surface area contributed by atoms with E-state index < -0.39 is 0 Å². The van der Waals surface area contributed by atoms with Gasteiger partial charge in [0.25, 0.3) is 0 Å². The van der Waals surface area contributed by atoms with Gasteiger partial charge in [0.1, 0.15) is 5.69 Å². The van der Waals surface area contributed by atoms with Crippen LogP contribution in [-0.4, -0.2) is 29.5 Å². The van der Waals surface area contributed by atoms with E-state index in [2.05, 4.69) is 20.1 Å². The van der Waals surface area contributed by atoms with E-state index in [0.29, 0.717) is 5.65 Å². The van der Waals surface area contributed by atoms with Crippen molar-refractivity contribution < 1.29 is 0 Å². The number of aromatic nitrogens is 6. The molecule has 7 nitrogen and oxygen atoms in total. The molecule has 3 aromatic rings.